The van der Waals surface area contributed by atoms with Crippen molar-refractivity contribution in [1.29, 1.82) is 0 Å². The number of phenols is 1. The number of aromatic amines is 1. The number of hydrogen-bond acceptors (Lipinski definition) is 4. The van der Waals surface area contributed by atoms with Gasteiger partial charge in [0.2, 0.25) is 0 Å². The molecule has 0 unspecified atom stereocenters. The Morgan fingerprint density at radius 2 is 2.18 bits per heavy atom. The average molecular weight is 274 g/mol. The van der Waals surface area contributed by atoms with E-state index in [1.54, 1.807) is 0 Å². The number of hydrogen-bond donors (Lipinski definition) is 3. The normalized spacial score (nSPS) is 11.4. The van der Waals surface area contributed by atoms with Gasteiger partial charge in [-0.1, -0.05) is 11.6 Å². The molecule has 0 aliphatic heterocycles. The lowest BCUT2D eigenvalue weighted by Crippen LogP contribution is -2.12. The molecule has 0 amide bonds. The number of aromatic hydroxyl groups is 1. The van der Waals surface area contributed by atoms with Crippen molar-refractivity contribution in [3.05, 3.63) is 35.6 Å². The molecule has 8 heteroatoms. The van der Waals surface area contributed by atoms with E-state index in [9.17, 15) is 13.5 Å². The number of nitrogens with zero attached hydrogens (tertiary/aromatic N) is 1. The predicted octanol–water partition coefficient (Wildman–Crippen LogP) is 1.57. The summed E-state index contributed by atoms with van der Waals surface area (Å²) in [7, 11) is -3.77. The zero-order valence-corrected chi connectivity index (χ0v) is 9.96. The third-order valence-corrected chi connectivity index (χ3v) is 3.55. The van der Waals surface area contributed by atoms with E-state index in [4.69, 9.17) is 11.6 Å². The Hall–Kier alpha value is -1.73. The van der Waals surface area contributed by atoms with Crippen molar-refractivity contribution in [2.24, 2.45) is 0 Å². The second-order valence-electron chi connectivity index (χ2n) is 3.20. The second kappa shape index (κ2) is 4.27. The molecule has 1 aromatic carbocycles. The first-order valence-electron chi connectivity index (χ1n) is 4.49. The Balaban J connectivity index is 2.36. The van der Waals surface area contributed by atoms with E-state index < -0.39 is 10.0 Å². The molecular weight excluding hydrogens is 266 g/mol. The van der Waals surface area contributed by atoms with Crippen LogP contribution in [0.4, 0.5) is 5.69 Å². The maximum atomic E-state index is 11.8. The molecule has 17 heavy (non-hydrogen) atoms. The lowest BCUT2D eigenvalue weighted by Gasteiger charge is -2.08. The summed E-state index contributed by atoms with van der Waals surface area (Å²) >= 11 is 5.71. The molecule has 0 bridgehead atoms. The molecule has 0 radical (unpaired) electrons. The number of sulfonamides is 1. The van der Waals surface area contributed by atoms with Crippen molar-refractivity contribution < 1.29 is 13.5 Å². The van der Waals surface area contributed by atoms with Crippen molar-refractivity contribution >= 4 is 27.3 Å². The van der Waals surface area contributed by atoms with Crippen LogP contribution >= 0.6 is 11.6 Å². The Morgan fingerprint density at radius 1 is 1.41 bits per heavy atom. The van der Waals surface area contributed by atoms with Crippen molar-refractivity contribution in [3.8, 4) is 5.75 Å². The van der Waals surface area contributed by atoms with E-state index in [1.807, 2.05) is 0 Å². The summed E-state index contributed by atoms with van der Waals surface area (Å²) in [5, 5.41) is 15.7. The number of nitrogens with one attached hydrogen (secondary N) is 2. The summed E-state index contributed by atoms with van der Waals surface area (Å²) in [6.07, 6.45) is 2.38. The Bertz CT molecular complexity index is 625. The summed E-state index contributed by atoms with van der Waals surface area (Å²) < 4.78 is 25.8. The van der Waals surface area contributed by atoms with Crippen LogP contribution in [0.25, 0.3) is 0 Å². The summed E-state index contributed by atoms with van der Waals surface area (Å²) in [5.74, 6) is -0.207. The number of H-pyrrole nitrogens is 1. The van der Waals surface area contributed by atoms with Crippen LogP contribution in [0.15, 0.2) is 35.5 Å². The first-order valence-corrected chi connectivity index (χ1v) is 6.35. The van der Waals surface area contributed by atoms with Crippen molar-refractivity contribution in [2.45, 2.75) is 4.90 Å². The maximum absolute atomic E-state index is 11.8. The SMILES string of the molecule is O=S(=O)(Nc1cc(Cl)ccc1O)c1cn[nH]c1. The molecule has 0 saturated carbocycles. The Kier molecular flexibility index (Phi) is 2.95. The first-order chi connectivity index (χ1) is 7.99. The highest BCUT2D eigenvalue weighted by atomic mass is 35.5. The Morgan fingerprint density at radius 3 is 2.82 bits per heavy atom. The molecule has 6 nitrogen and oxygen atoms in total. The highest BCUT2D eigenvalue weighted by Gasteiger charge is 2.17. The lowest BCUT2D eigenvalue weighted by atomic mass is 10.3. The van der Waals surface area contributed by atoms with Crippen LogP contribution in [-0.2, 0) is 10.0 Å². The minimum absolute atomic E-state index is 0.0127. The number of anilines is 1. The van der Waals surface area contributed by atoms with E-state index in [0.717, 1.165) is 6.20 Å². The molecule has 3 N–H and O–H groups in total. The second-order valence-corrected chi connectivity index (χ2v) is 5.32. The van der Waals surface area contributed by atoms with E-state index in [2.05, 4.69) is 14.9 Å². The van der Waals surface area contributed by atoms with Gasteiger partial charge in [-0.25, -0.2) is 8.42 Å². The predicted molar refractivity (Wildman–Crippen MR) is 62.5 cm³/mol. The van der Waals surface area contributed by atoms with Crippen LogP contribution < -0.4 is 4.72 Å². The summed E-state index contributed by atoms with van der Waals surface area (Å²) in [4.78, 5) is -0.0307. The third-order valence-electron chi connectivity index (χ3n) is 1.99. The smallest absolute Gasteiger partial charge is 0.265 e. The van der Waals surface area contributed by atoms with Gasteiger partial charge in [-0.3, -0.25) is 9.82 Å². The fourth-order valence-corrected chi connectivity index (χ4v) is 2.32. The maximum Gasteiger partial charge on any atom is 0.265 e. The number of benzene rings is 1. The summed E-state index contributed by atoms with van der Waals surface area (Å²) in [5.41, 5.74) is 0.0127. The average Bonchev–Trinajstić information content (AvgIpc) is 2.77. The highest BCUT2D eigenvalue weighted by Crippen LogP contribution is 2.28. The topological polar surface area (TPSA) is 95.1 Å². The van der Waals surface area contributed by atoms with Crippen LogP contribution in [-0.4, -0.2) is 23.7 Å². The first kappa shape index (κ1) is 11.7. The number of halogens is 1. The summed E-state index contributed by atoms with van der Waals surface area (Å²) in [6, 6.07) is 4.07. The minimum Gasteiger partial charge on any atom is -0.506 e. The fourth-order valence-electron chi connectivity index (χ4n) is 1.18. The molecule has 1 heterocycles. The van der Waals surface area contributed by atoms with Gasteiger partial charge in [-0.05, 0) is 18.2 Å². The van der Waals surface area contributed by atoms with Gasteiger partial charge in [0.25, 0.3) is 10.0 Å². The molecule has 90 valence electrons. The zero-order chi connectivity index (χ0) is 12.5. The van der Waals surface area contributed by atoms with Gasteiger partial charge >= 0.3 is 0 Å². The largest absolute Gasteiger partial charge is 0.506 e. The molecule has 0 aliphatic rings. The molecule has 0 atom stereocenters. The quantitative estimate of drug-likeness (QED) is 0.740. The van der Waals surface area contributed by atoms with Gasteiger partial charge in [-0.15, -0.1) is 0 Å². The van der Waals surface area contributed by atoms with Gasteiger partial charge < -0.3 is 5.11 Å². The monoisotopic (exact) mass is 273 g/mol. The molecule has 2 aromatic rings. The minimum atomic E-state index is -3.77. The molecule has 0 fully saturated rings. The van der Waals surface area contributed by atoms with Crippen LogP contribution in [0.2, 0.25) is 5.02 Å². The van der Waals surface area contributed by atoms with Gasteiger partial charge in [0, 0.05) is 11.2 Å². The third kappa shape index (κ3) is 2.51. The number of phenolic OH excluding ortho intramolecular Hbond substituents is 1. The molecule has 0 aliphatic carbocycles. The van der Waals surface area contributed by atoms with Gasteiger partial charge in [-0.2, -0.15) is 5.10 Å². The van der Waals surface area contributed by atoms with Gasteiger partial charge in [0.15, 0.2) is 0 Å². The summed E-state index contributed by atoms with van der Waals surface area (Å²) in [6.45, 7) is 0. The van der Waals surface area contributed by atoms with Crippen molar-refractivity contribution in [2.75, 3.05) is 4.72 Å². The number of rotatable bonds is 3. The highest BCUT2D eigenvalue weighted by molar-refractivity contribution is 7.92. The van der Waals surface area contributed by atoms with Crippen molar-refractivity contribution in [3.63, 3.8) is 0 Å². The van der Waals surface area contributed by atoms with Crippen molar-refractivity contribution in [1.82, 2.24) is 10.2 Å². The number of aromatic nitrogens is 2. The fraction of sp³-hybridized carbons (Fsp3) is 0. The van der Waals surface area contributed by atoms with Gasteiger partial charge in [0.05, 0.1) is 11.9 Å². The van der Waals surface area contributed by atoms with E-state index in [-0.39, 0.29) is 16.3 Å². The Labute approximate surface area is 102 Å². The molecule has 1 aromatic heterocycles. The van der Waals surface area contributed by atoms with Crippen LogP contribution in [0, 0.1) is 0 Å². The van der Waals surface area contributed by atoms with Crippen LogP contribution in [0.1, 0.15) is 0 Å². The van der Waals surface area contributed by atoms with Gasteiger partial charge in [0.1, 0.15) is 10.6 Å². The standard InChI is InChI=1S/C9H8ClN3O3S/c10-6-1-2-9(14)8(3-6)13-17(15,16)7-4-11-12-5-7/h1-5,13-14H,(H,11,12). The lowest BCUT2D eigenvalue weighted by molar-refractivity contribution is 0.477. The van der Waals surface area contributed by atoms with E-state index in [1.165, 1.54) is 24.4 Å². The molecular formula is C9H8ClN3O3S. The molecule has 0 saturated heterocycles. The zero-order valence-electron chi connectivity index (χ0n) is 8.38. The molecule has 2 rings (SSSR count). The van der Waals surface area contributed by atoms with Crippen LogP contribution in [0.3, 0.4) is 0 Å². The van der Waals surface area contributed by atoms with E-state index >= 15 is 0 Å². The van der Waals surface area contributed by atoms with Crippen LogP contribution in [0.5, 0.6) is 5.75 Å². The molecule has 0 spiro atoms. The van der Waals surface area contributed by atoms with E-state index in [0.29, 0.717) is 5.02 Å².